The monoisotopic (exact) mass is 667 g/mol. The molecule has 11 rings (SSSR count). The Bertz CT molecular complexity index is 3090. The molecule has 0 aliphatic rings. The molecule has 3 nitrogen and oxygen atoms in total. The van der Waals surface area contributed by atoms with Gasteiger partial charge in [0.25, 0.3) is 0 Å². The van der Waals surface area contributed by atoms with Crippen LogP contribution in [0.2, 0.25) is 0 Å². The predicted molar refractivity (Wildman–Crippen MR) is 217 cm³/mol. The summed E-state index contributed by atoms with van der Waals surface area (Å²) in [5.74, 6) is 0.915. The van der Waals surface area contributed by atoms with Crippen molar-refractivity contribution in [2.24, 2.45) is 0 Å². The van der Waals surface area contributed by atoms with Gasteiger partial charge in [0.05, 0.1) is 22.1 Å². The minimum absolute atomic E-state index is 0.915. The number of rotatable bonds is 4. The molecule has 0 spiro atoms. The zero-order valence-corrected chi connectivity index (χ0v) is 28.3. The maximum atomic E-state index is 4.88. The minimum Gasteiger partial charge on any atom is -0.309 e. The number of pyridine rings is 1. The Kier molecular flexibility index (Phi) is 6.12. The van der Waals surface area contributed by atoms with Gasteiger partial charge in [0.2, 0.25) is 0 Å². The highest BCUT2D eigenvalue weighted by atomic mass is 32.1. The van der Waals surface area contributed by atoms with E-state index in [1.807, 2.05) is 17.5 Å². The normalized spacial score (nSPS) is 11.9. The summed E-state index contributed by atoms with van der Waals surface area (Å²) in [5.41, 5.74) is 10.6. The van der Waals surface area contributed by atoms with Crippen LogP contribution in [0.25, 0.3) is 97.5 Å². The molecule has 0 aliphatic carbocycles. The second-order valence-electron chi connectivity index (χ2n) is 13.2. The van der Waals surface area contributed by atoms with Crippen molar-refractivity contribution in [3.8, 4) is 33.8 Å². The number of fused-ring (bicyclic) bond motifs is 10. The largest absolute Gasteiger partial charge is 0.309 e. The van der Waals surface area contributed by atoms with Gasteiger partial charge in [-0.15, -0.1) is 11.3 Å². The van der Waals surface area contributed by atoms with Gasteiger partial charge in [0, 0.05) is 53.6 Å². The van der Waals surface area contributed by atoms with E-state index >= 15 is 0 Å². The van der Waals surface area contributed by atoms with Gasteiger partial charge in [-0.25, -0.2) is 4.98 Å². The number of hydrogen-bond acceptors (Lipinski definition) is 2. The van der Waals surface area contributed by atoms with Gasteiger partial charge in [-0.3, -0.25) is 4.57 Å². The van der Waals surface area contributed by atoms with Crippen molar-refractivity contribution >= 4 is 75.1 Å². The van der Waals surface area contributed by atoms with Crippen LogP contribution in [-0.4, -0.2) is 14.1 Å². The summed E-state index contributed by atoms with van der Waals surface area (Å²) in [6.07, 6.45) is 1.93. The molecule has 4 aromatic heterocycles. The molecule has 0 bridgehead atoms. The van der Waals surface area contributed by atoms with Crippen molar-refractivity contribution in [2.45, 2.75) is 0 Å². The van der Waals surface area contributed by atoms with Gasteiger partial charge in [-0.2, -0.15) is 0 Å². The van der Waals surface area contributed by atoms with Gasteiger partial charge in [0.1, 0.15) is 5.82 Å². The van der Waals surface area contributed by atoms with Crippen LogP contribution in [0.1, 0.15) is 0 Å². The third-order valence-electron chi connectivity index (χ3n) is 10.4. The Morgan fingerprint density at radius 2 is 1.02 bits per heavy atom. The summed E-state index contributed by atoms with van der Waals surface area (Å²) in [7, 11) is 0. The van der Waals surface area contributed by atoms with Crippen molar-refractivity contribution in [1.82, 2.24) is 14.1 Å². The zero-order chi connectivity index (χ0) is 33.5. The molecule has 0 saturated carbocycles. The lowest BCUT2D eigenvalue weighted by Crippen LogP contribution is -1.97. The topological polar surface area (TPSA) is 22.8 Å². The SMILES string of the molecule is c1ccc(-n2c3ccc(-c4cccc(-c5ccnc(-n6c7ccccc7c7ccccc76)c5)c4)cc3c3c4sc5ccccc5c4ccc32)cc1. The van der Waals surface area contributed by atoms with E-state index < -0.39 is 0 Å². The molecule has 0 radical (unpaired) electrons. The minimum atomic E-state index is 0.915. The first-order valence-corrected chi connectivity index (χ1v) is 18.1. The molecular formula is C47H29N3S. The quantitative estimate of drug-likeness (QED) is 0.183. The number of thiophene rings is 1. The van der Waals surface area contributed by atoms with E-state index in [0.29, 0.717) is 0 Å². The number of hydrogen-bond donors (Lipinski definition) is 0. The second-order valence-corrected chi connectivity index (χ2v) is 14.2. The maximum absolute atomic E-state index is 4.88. The fourth-order valence-electron chi connectivity index (χ4n) is 8.09. The standard InChI is InChI=1S/C47H29N3S/c1-2-13-34(14-3-1)49-42-23-21-32(28-39(42)46-43(49)24-22-38-37-17-6-9-20-44(37)51-47(38)46)30-11-10-12-31(27-30)33-25-26-48-45(29-33)50-40-18-7-4-15-35(40)36-16-5-8-19-41(36)50/h1-29H. The van der Waals surface area contributed by atoms with Crippen LogP contribution < -0.4 is 0 Å². The van der Waals surface area contributed by atoms with Gasteiger partial charge in [0.15, 0.2) is 0 Å². The fourth-order valence-corrected chi connectivity index (χ4v) is 9.35. The Hall–Kier alpha value is -6.49. The molecule has 238 valence electrons. The average Bonchev–Trinajstić information content (AvgIpc) is 3.86. The molecule has 0 saturated heterocycles. The highest BCUT2D eigenvalue weighted by molar-refractivity contribution is 7.26. The molecule has 0 amide bonds. The third kappa shape index (κ3) is 4.27. The van der Waals surface area contributed by atoms with E-state index in [2.05, 4.69) is 179 Å². The highest BCUT2D eigenvalue weighted by Gasteiger charge is 2.19. The summed E-state index contributed by atoms with van der Waals surface area (Å²) >= 11 is 1.90. The molecule has 0 N–H and O–H groups in total. The summed E-state index contributed by atoms with van der Waals surface area (Å²) in [4.78, 5) is 4.88. The van der Waals surface area contributed by atoms with Gasteiger partial charge >= 0.3 is 0 Å². The highest BCUT2D eigenvalue weighted by Crippen LogP contribution is 2.44. The van der Waals surface area contributed by atoms with Crippen molar-refractivity contribution in [1.29, 1.82) is 0 Å². The number of para-hydroxylation sites is 3. The first kappa shape index (κ1) is 28.4. The Morgan fingerprint density at radius 3 is 1.80 bits per heavy atom. The van der Waals surface area contributed by atoms with Crippen LogP contribution >= 0.6 is 11.3 Å². The molecule has 11 aromatic rings. The van der Waals surface area contributed by atoms with Crippen molar-refractivity contribution < 1.29 is 0 Å². The second kappa shape index (κ2) is 11.0. The van der Waals surface area contributed by atoms with E-state index in [-0.39, 0.29) is 0 Å². The Morgan fingerprint density at radius 1 is 0.392 bits per heavy atom. The van der Waals surface area contributed by atoms with E-state index in [0.717, 1.165) is 28.0 Å². The lowest BCUT2D eigenvalue weighted by Gasteiger charge is -2.11. The van der Waals surface area contributed by atoms with Crippen LogP contribution in [0.15, 0.2) is 176 Å². The summed E-state index contributed by atoms with van der Waals surface area (Å²) in [5, 5.41) is 7.70. The van der Waals surface area contributed by atoms with E-state index in [4.69, 9.17) is 4.98 Å². The van der Waals surface area contributed by atoms with E-state index in [9.17, 15) is 0 Å². The molecule has 0 aliphatic heterocycles. The molecule has 7 aromatic carbocycles. The molecule has 0 fully saturated rings. The van der Waals surface area contributed by atoms with Crippen LogP contribution in [-0.2, 0) is 0 Å². The van der Waals surface area contributed by atoms with Crippen LogP contribution in [0.4, 0.5) is 0 Å². The van der Waals surface area contributed by atoms with Gasteiger partial charge in [-0.05, 0) is 89.0 Å². The first-order chi connectivity index (χ1) is 25.3. The van der Waals surface area contributed by atoms with Crippen molar-refractivity contribution in [2.75, 3.05) is 0 Å². The van der Waals surface area contributed by atoms with E-state index in [1.165, 1.54) is 69.6 Å². The van der Waals surface area contributed by atoms with Gasteiger partial charge < -0.3 is 4.57 Å². The van der Waals surface area contributed by atoms with Crippen LogP contribution in [0, 0.1) is 0 Å². The van der Waals surface area contributed by atoms with Crippen molar-refractivity contribution in [3.05, 3.63) is 176 Å². The summed E-state index contributed by atoms with van der Waals surface area (Å²) in [6, 6.07) is 61.5. The Balaban J connectivity index is 1.09. The lowest BCUT2D eigenvalue weighted by molar-refractivity contribution is 1.08. The van der Waals surface area contributed by atoms with Crippen LogP contribution in [0.5, 0.6) is 0 Å². The molecule has 0 unspecified atom stereocenters. The molecule has 51 heavy (non-hydrogen) atoms. The van der Waals surface area contributed by atoms with Crippen LogP contribution in [0.3, 0.4) is 0 Å². The van der Waals surface area contributed by atoms with E-state index in [1.54, 1.807) is 0 Å². The lowest BCUT2D eigenvalue weighted by atomic mass is 9.98. The maximum Gasteiger partial charge on any atom is 0.138 e. The average molecular weight is 668 g/mol. The number of nitrogens with zero attached hydrogens (tertiary/aromatic N) is 3. The molecule has 0 atom stereocenters. The molecule has 4 heteroatoms. The molecule has 4 heterocycles. The Labute approximate surface area is 297 Å². The fraction of sp³-hybridized carbons (Fsp3) is 0. The zero-order valence-electron chi connectivity index (χ0n) is 27.5. The summed E-state index contributed by atoms with van der Waals surface area (Å²) in [6.45, 7) is 0. The predicted octanol–water partition coefficient (Wildman–Crippen LogP) is 13.0. The third-order valence-corrected chi connectivity index (χ3v) is 11.6. The van der Waals surface area contributed by atoms with Gasteiger partial charge in [-0.1, -0.05) is 103 Å². The first-order valence-electron chi connectivity index (χ1n) is 17.3. The summed E-state index contributed by atoms with van der Waals surface area (Å²) < 4.78 is 7.36. The van der Waals surface area contributed by atoms with Crippen molar-refractivity contribution in [3.63, 3.8) is 0 Å². The smallest absolute Gasteiger partial charge is 0.138 e. The molecular weight excluding hydrogens is 639 g/mol. The number of aromatic nitrogens is 3. The number of benzene rings is 7.